The second-order valence-corrected chi connectivity index (χ2v) is 9.72. The molecule has 1 N–H and O–H groups in total. The molecular weight excluding hydrogens is 336 g/mol. The summed E-state index contributed by atoms with van der Waals surface area (Å²) in [5.41, 5.74) is 0. The van der Waals surface area contributed by atoms with Crippen molar-refractivity contribution in [2.24, 2.45) is 17.8 Å². The van der Waals surface area contributed by atoms with Gasteiger partial charge in [-0.15, -0.1) is 0 Å². The van der Waals surface area contributed by atoms with Gasteiger partial charge >= 0.3 is 0 Å². The third kappa shape index (κ3) is 3.34. The number of carbonyl (C=O) groups is 1. The number of nitrogens with zero attached hydrogens (tertiary/aromatic N) is 1. The van der Waals surface area contributed by atoms with Crippen molar-refractivity contribution in [1.82, 2.24) is 9.62 Å². The molecule has 0 unspecified atom stereocenters. The van der Waals surface area contributed by atoms with Crippen LogP contribution >= 0.6 is 0 Å². The molecule has 0 spiro atoms. The molecule has 1 aromatic carbocycles. The van der Waals surface area contributed by atoms with E-state index in [9.17, 15) is 13.2 Å². The third-order valence-electron chi connectivity index (χ3n) is 6.27. The van der Waals surface area contributed by atoms with Crippen LogP contribution in [-0.4, -0.2) is 37.8 Å². The summed E-state index contributed by atoms with van der Waals surface area (Å²) in [7, 11) is -3.44. The highest BCUT2D eigenvalue weighted by Crippen LogP contribution is 2.44. The monoisotopic (exact) mass is 362 g/mol. The van der Waals surface area contributed by atoms with Gasteiger partial charge in [0.1, 0.15) is 0 Å². The third-order valence-corrected chi connectivity index (χ3v) is 8.18. The Hall–Kier alpha value is -1.40. The molecule has 1 amide bonds. The van der Waals surface area contributed by atoms with Crippen molar-refractivity contribution in [3.63, 3.8) is 0 Å². The Labute approximate surface area is 149 Å². The number of hydrogen-bond acceptors (Lipinski definition) is 3. The van der Waals surface area contributed by atoms with Crippen LogP contribution in [0.3, 0.4) is 0 Å². The Kier molecular flexibility index (Phi) is 4.58. The van der Waals surface area contributed by atoms with Crippen LogP contribution in [0, 0.1) is 17.8 Å². The Balaban J connectivity index is 1.33. The summed E-state index contributed by atoms with van der Waals surface area (Å²) in [5, 5.41) is 3.26. The lowest BCUT2D eigenvalue weighted by Gasteiger charge is -2.32. The number of hydrogen-bond donors (Lipinski definition) is 1. The minimum atomic E-state index is -3.44. The van der Waals surface area contributed by atoms with Gasteiger partial charge in [0.15, 0.2) is 0 Å². The average molecular weight is 362 g/mol. The van der Waals surface area contributed by atoms with E-state index in [0.29, 0.717) is 42.8 Å². The first kappa shape index (κ1) is 17.0. The van der Waals surface area contributed by atoms with E-state index in [1.54, 1.807) is 24.3 Å². The van der Waals surface area contributed by atoms with Gasteiger partial charge in [0.25, 0.3) is 0 Å². The van der Waals surface area contributed by atoms with Crippen molar-refractivity contribution < 1.29 is 13.2 Å². The molecule has 4 rings (SSSR count). The summed E-state index contributed by atoms with van der Waals surface area (Å²) in [6.07, 6.45) is 6.21. The van der Waals surface area contributed by atoms with Crippen molar-refractivity contribution in [3.05, 3.63) is 30.3 Å². The van der Waals surface area contributed by atoms with E-state index in [4.69, 9.17) is 0 Å². The Morgan fingerprint density at radius 1 is 1.00 bits per heavy atom. The maximum absolute atomic E-state index is 12.7. The fraction of sp³-hybridized carbons (Fsp3) is 0.632. The molecule has 1 saturated heterocycles. The molecular formula is C19H26N2O3S. The number of piperidine rings is 1. The summed E-state index contributed by atoms with van der Waals surface area (Å²) in [6.45, 7) is 0.845. The first-order valence-corrected chi connectivity index (χ1v) is 10.8. The SMILES string of the molecule is O=C(N[C@H]1C[C@@H]2CC[C@@H]1C2)C1CCN(S(=O)(=O)c2ccccc2)CC1. The van der Waals surface area contributed by atoms with Gasteiger partial charge in [0, 0.05) is 25.0 Å². The molecule has 2 bridgehead atoms. The van der Waals surface area contributed by atoms with E-state index >= 15 is 0 Å². The number of carbonyl (C=O) groups excluding carboxylic acids is 1. The van der Waals surface area contributed by atoms with Gasteiger partial charge in [-0.2, -0.15) is 4.31 Å². The molecule has 1 aromatic rings. The molecule has 6 heteroatoms. The number of sulfonamides is 1. The minimum absolute atomic E-state index is 0.0543. The molecule has 0 aromatic heterocycles. The molecule has 3 fully saturated rings. The lowest BCUT2D eigenvalue weighted by molar-refractivity contribution is -0.127. The van der Waals surface area contributed by atoms with Gasteiger partial charge < -0.3 is 5.32 Å². The first-order chi connectivity index (χ1) is 12.0. The summed E-state index contributed by atoms with van der Waals surface area (Å²) >= 11 is 0. The van der Waals surface area contributed by atoms with Gasteiger partial charge in [0.2, 0.25) is 15.9 Å². The predicted octanol–water partition coefficient (Wildman–Crippen LogP) is 2.39. The van der Waals surface area contributed by atoms with E-state index in [2.05, 4.69) is 5.32 Å². The summed E-state index contributed by atoms with van der Waals surface area (Å²) in [5.74, 6) is 1.57. The van der Waals surface area contributed by atoms with Crippen molar-refractivity contribution >= 4 is 15.9 Å². The maximum atomic E-state index is 12.7. The van der Waals surface area contributed by atoms with E-state index in [1.807, 2.05) is 6.07 Å². The van der Waals surface area contributed by atoms with E-state index in [-0.39, 0.29) is 11.8 Å². The quantitative estimate of drug-likeness (QED) is 0.894. The van der Waals surface area contributed by atoms with Crippen molar-refractivity contribution in [2.45, 2.75) is 49.5 Å². The standard InChI is InChI=1S/C19H26N2O3S/c22-19(20-18-13-14-6-7-16(18)12-14)15-8-10-21(11-9-15)25(23,24)17-4-2-1-3-5-17/h1-5,14-16,18H,6-13H2,(H,20,22)/t14-,16-,18+/m1/s1. The first-order valence-electron chi connectivity index (χ1n) is 9.39. The summed E-state index contributed by atoms with van der Waals surface area (Å²) in [6, 6.07) is 8.90. The zero-order valence-electron chi connectivity index (χ0n) is 14.4. The lowest BCUT2D eigenvalue weighted by atomic mass is 9.93. The van der Waals surface area contributed by atoms with Crippen LogP contribution in [0.2, 0.25) is 0 Å². The van der Waals surface area contributed by atoms with Crippen LogP contribution in [0.5, 0.6) is 0 Å². The second kappa shape index (κ2) is 6.72. The van der Waals surface area contributed by atoms with Crippen molar-refractivity contribution in [3.8, 4) is 0 Å². The molecule has 3 atom stereocenters. The summed E-state index contributed by atoms with van der Waals surface area (Å²) < 4.78 is 26.8. The van der Waals surface area contributed by atoms with Gasteiger partial charge in [-0.05, 0) is 56.1 Å². The summed E-state index contributed by atoms with van der Waals surface area (Å²) in [4.78, 5) is 12.9. The predicted molar refractivity (Wildman–Crippen MR) is 95.3 cm³/mol. The Morgan fingerprint density at radius 2 is 1.72 bits per heavy atom. The topological polar surface area (TPSA) is 66.5 Å². The van der Waals surface area contributed by atoms with Crippen LogP contribution in [0.4, 0.5) is 0 Å². The van der Waals surface area contributed by atoms with Crippen LogP contribution < -0.4 is 5.32 Å². The molecule has 0 radical (unpaired) electrons. The zero-order valence-corrected chi connectivity index (χ0v) is 15.2. The van der Waals surface area contributed by atoms with Gasteiger partial charge in [0.05, 0.1) is 4.90 Å². The molecule has 1 heterocycles. The van der Waals surface area contributed by atoms with Crippen molar-refractivity contribution in [2.75, 3.05) is 13.1 Å². The second-order valence-electron chi connectivity index (χ2n) is 7.78. The molecule has 136 valence electrons. The van der Waals surface area contributed by atoms with Crippen LogP contribution in [-0.2, 0) is 14.8 Å². The highest BCUT2D eigenvalue weighted by molar-refractivity contribution is 7.89. The Bertz CT molecular complexity index is 726. The molecule has 3 aliphatic rings. The highest BCUT2D eigenvalue weighted by Gasteiger charge is 2.41. The molecule has 25 heavy (non-hydrogen) atoms. The minimum Gasteiger partial charge on any atom is -0.353 e. The Morgan fingerprint density at radius 3 is 2.32 bits per heavy atom. The maximum Gasteiger partial charge on any atom is 0.243 e. The lowest BCUT2D eigenvalue weighted by Crippen LogP contribution is -2.46. The van der Waals surface area contributed by atoms with E-state index in [1.165, 1.54) is 23.6 Å². The number of nitrogens with one attached hydrogen (secondary N) is 1. The van der Waals surface area contributed by atoms with E-state index in [0.717, 1.165) is 12.3 Å². The smallest absolute Gasteiger partial charge is 0.243 e. The van der Waals surface area contributed by atoms with Gasteiger partial charge in [-0.1, -0.05) is 24.6 Å². The largest absolute Gasteiger partial charge is 0.353 e. The zero-order chi connectivity index (χ0) is 17.4. The number of rotatable bonds is 4. The van der Waals surface area contributed by atoms with Gasteiger partial charge in [-0.3, -0.25) is 4.79 Å². The van der Waals surface area contributed by atoms with Crippen LogP contribution in [0.1, 0.15) is 38.5 Å². The van der Waals surface area contributed by atoms with Crippen LogP contribution in [0.15, 0.2) is 35.2 Å². The fourth-order valence-electron chi connectivity index (χ4n) is 4.82. The van der Waals surface area contributed by atoms with E-state index < -0.39 is 10.0 Å². The van der Waals surface area contributed by atoms with Crippen molar-refractivity contribution in [1.29, 1.82) is 0 Å². The molecule has 1 aliphatic heterocycles. The number of benzene rings is 1. The molecule has 2 saturated carbocycles. The molecule has 2 aliphatic carbocycles. The van der Waals surface area contributed by atoms with Gasteiger partial charge in [-0.25, -0.2) is 8.42 Å². The highest BCUT2D eigenvalue weighted by atomic mass is 32.2. The normalized spacial score (nSPS) is 30.5. The number of amides is 1. The molecule has 5 nitrogen and oxygen atoms in total. The number of fused-ring (bicyclic) bond motifs is 2. The fourth-order valence-corrected chi connectivity index (χ4v) is 6.31. The average Bonchev–Trinajstić information content (AvgIpc) is 3.25. The van der Waals surface area contributed by atoms with Crippen LogP contribution in [0.25, 0.3) is 0 Å².